The summed E-state index contributed by atoms with van der Waals surface area (Å²) in [6.07, 6.45) is -2.46. The van der Waals surface area contributed by atoms with Gasteiger partial charge in [-0.25, -0.2) is 14.0 Å². The Balaban J connectivity index is 0.00000888. The van der Waals surface area contributed by atoms with Crippen LogP contribution in [0.2, 0.25) is 5.02 Å². The second-order valence-electron chi connectivity index (χ2n) is 16.6. The van der Waals surface area contributed by atoms with Gasteiger partial charge in [-0.15, -0.1) is 0 Å². The summed E-state index contributed by atoms with van der Waals surface area (Å²) < 4.78 is 32.7. The molecule has 366 valence electrons. The van der Waals surface area contributed by atoms with E-state index in [4.69, 9.17) is 25.8 Å². The lowest BCUT2D eigenvalue weighted by Crippen LogP contribution is -2.35. The van der Waals surface area contributed by atoms with Crippen LogP contribution in [-0.4, -0.2) is 84.2 Å². The first-order valence-electron chi connectivity index (χ1n) is 22.6. The van der Waals surface area contributed by atoms with Crippen LogP contribution in [-0.2, 0) is 35.1 Å². The van der Waals surface area contributed by atoms with Crippen LogP contribution in [0.3, 0.4) is 0 Å². The highest BCUT2D eigenvalue weighted by Crippen LogP contribution is 2.44. The van der Waals surface area contributed by atoms with E-state index < -0.39 is 41.8 Å². The van der Waals surface area contributed by atoms with Gasteiger partial charge in [0.05, 0.1) is 79.6 Å². The molecule has 5 N–H and O–H groups in total. The van der Waals surface area contributed by atoms with E-state index in [1.165, 1.54) is 19.2 Å². The molecule has 0 spiro atoms. The zero-order valence-electron chi connectivity index (χ0n) is 39.3. The maximum absolute atomic E-state index is 14.4. The van der Waals surface area contributed by atoms with Gasteiger partial charge in [0.25, 0.3) is 5.91 Å². The molecular formula is C53H60ClFN4O9S. The summed E-state index contributed by atoms with van der Waals surface area (Å²) in [6.45, 7) is 7.61. The minimum atomic E-state index is -1.19. The lowest BCUT2D eigenvalue weighted by Gasteiger charge is -2.31. The summed E-state index contributed by atoms with van der Waals surface area (Å²) in [7, 11) is 1.25. The van der Waals surface area contributed by atoms with Gasteiger partial charge in [-0.3, -0.25) is 9.59 Å². The summed E-state index contributed by atoms with van der Waals surface area (Å²) in [4.78, 5) is 53.9. The SMILES string of the molecule is CCOC(=O)C1=C(COCCNC(=O)C[C@H](O)C[C@H](O)CCn2c(-c3ccc(F)cc3)c(-c3ccccc3)c(C(=O)Nc3ccccc3)c2C(C)C)NC(C)=C(C(=O)OC)C1c1ccccc1Cl.S. The fourth-order valence-corrected chi connectivity index (χ4v) is 8.83. The Bertz CT molecular complexity index is 2640. The van der Waals surface area contributed by atoms with Crippen LogP contribution in [0, 0.1) is 5.82 Å². The maximum atomic E-state index is 14.4. The average molecular weight is 984 g/mol. The predicted molar refractivity (Wildman–Crippen MR) is 270 cm³/mol. The van der Waals surface area contributed by atoms with E-state index in [0.717, 1.165) is 11.3 Å². The summed E-state index contributed by atoms with van der Waals surface area (Å²) in [5.74, 6) is -3.60. The average Bonchev–Trinajstić information content (AvgIpc) is 3.67. The fourth-order valence-electron chi connectivity index (χ4n) is 8.59. The molecule has 0 bridgehead atoms. The first kappa shape index (κ1) is 53.7. The fraction of sp³-hybridized carbons (Fsp3) is 0.321. The molecule has 16 heteroatoms. The van der Waals surface area contributed by atoms with Gasteiger partial charge < -0.3 is 44.9 Å². The third-order valence-electron chi connectivity index (χ3n) is 11.5. The minimum absolute atomic E-state index is 0. The second kappa shape index (κ2) is 25.4. The normalized spacial score (nSPS) is 14.4. The van der Waals surface area contributed by atoms with Gasteiger partial charge in [-0.2, -0.15) is 13.5 Å². The third-order valence-corrected chi connectivity index (χ3v) is 11.9. The van der Waals surface area contributed by atoms with Crippen LogP contribution in [0.15, 0.2) is 132 Å². The zero-order chi connectivity index (χ0) is 48.9. The number of dihydropyridines is 1. The number of para-hydroxylation sites is 1. The Morgan fingerprint density at radius 2 is 1.51 bits per heavy atom. The molecule has 1 aromatic heterocycles. The number of allylic oxidation sites excluding steroid dienone is 1. The Morgan fingerprint density at radius 1 is 0.855 bits per heavy atom. The predicted octanol–water partition coefficient (Wildman–Crippen LogP) is 8.78. The smallest absolute Gasteiger partial charge is 0.336 e. The minimum Gasteiger partial charge on any atom is -0.466 e. The molecule has 0 fully saturated rings. The van der Waals surface area contributed by atoms with Gasteiger partial charge in [0.2, 0.25) is 5.91 Å². The number of nitrogens with zero attached hydrogens (tertiary/aromatic N) is 1. The first-order chi connectivity index (χ1) is 32.7. The van der Waals surface area contributed by atoms with Crippen molar-refractivity contribution in [2.75, 3.05) is 38.8 Å². The largest absolute Gasteiger partial charge is 0.466 e. The number of amides is 2. The van der Waals surface area contributed by atoms with E-state index in [1.807, 2.05) is 79.1 Å². The van der Waals surface area contributed by atoms with Crippen molar-refractivity contribution < 1.29 is 48.0 Å². The van der Waals surface area contributed by atoms with Crippen molar-refractivity contribution in [2.24, 2.45) is 0 Å². The van der Waals surface area contributed by atoms with E-state index in [-0.39, 0.29) is 88.6 Å². The van der Waals surface area contributed by atoms with Gasteiger partial charge >= 0.3 is 11.9 Å². The van der Waals surface area contributed by atoms with Crippen LogP contribution in [0.4, 0.5) is 10.1 Å². The first-order valence-corrected chi connectivity index (χ1v) is 23.0. The lowest BCUT2D eigenvalue weighted by atomic mass is 9.80. The van der Waals surface area contributed by atoms with Crippen LogP contribution < -0.4 is 16.0 Å². The number of benzene rings is 4. The van der Waals surface area contributed by atoms with Crippen molar-refractivity contribution in [1.29, 1.82) is 0 Å². The van der Waals surface area contributed by atoms with Crippen molar-refractivity contribution in [1.82, 2.24) is 15.2 Å². The standard InChI is InChI=1S/C53H58ClFN4O9.H2S/c1-6-68-53(65)47-42(57-33(4)44(52(64)66-5)46(47)40-19-13-14-20-41(40)54)31-67-28-26-56-43(62)30-39(61)29-38(60)25-27-59-49(32(2)3)48(51(63)58-37-17-11-8-12-18-37)45(34-15-9-7-10-16-34)50(59)35-21-23-36(55)24-22-35;/h7-24,32,38-39,46,57,60-61H,6,25-31H2,1-5H3,(H,56,62)(H,58,63);1H2/t38-,39-,46?;/m1./s1. The Labute approximate surface area is 414 Å². The molecule has 1 unspecified atom stereocenters. The number of methoxy groups -OCH3 is 1. The zero-order valence-corrected chi connectivity index (χ0v) is 41.1. The molecule has 0 saturated carbocycles. The molecule has 69 heavy (non-hydrogen) atoms. The summed E-state index contributed by atoms with van der Waals surface area (Å²) in [5, 5.41) is 31.6. The van der Waals surface area contributed by atoms with E-state index in [0.29, 0.717) is 50.1 Å². The van der Waals surface area contributed by atoms with Crippen LogP contribution in [0.5, 0.6) is 0 Å². The van der Waals surface area contributed by atoms with Gasteiger partial charge in [-0.05, 0) is 91.8 Å². The molecule has 1 aliphatic heterocycles. The van der Waals surface area contributed by atoms with E-state index in [2.05, 4.69) is 16.0 Å². The topological polar surface area (TPSA) is 177 Å². The summed E-state index contributed by atoms with van der Waals surface area (Å²) in [5.41, 5.74) is 6.21. The molecule has 5 aromatic rings. The van der Waals surface area contributed by atoms with Crippen LogP contribution in [0.1, 0.15) is 80.4 Å². The number of ether oxygens (including phenoxy) is 3. The molecule has 13 nitrogen and oxygen atoms in total. The van der Waals surface area contributed by atoms with Crippen LogP contribution >= 0.6 is 25.1 Å². The van der Waals surface area contributed by atoms with Crippen molar-refractivity contribution in [3.8, 4) is 22.4 Å². The maximum Gasteiger partial charge on any atom is 0.336 e. The monoisotopic (exact) mass is 982 g/mol. The molecule has 0 saturated heterocycles. The number of anilines is 1. The van der Waals surface area contributed by atoms with Crippen LogP contribution in [0.25, 0.3) is 22.4 Å². The number of nitrogens with one attached hydrogen (secondary N) is 3. The number of aliphatic hydroxyl groups is 2. The number of carbonyl (C=O) groups is 4. The number of carbonyl (C=O) groups excluding carboxylic acids is 4. The number of halogens is 2. The van der Waals surface area contributed by atoms with Gasteiger partial charge in [-0.1, -0.05) is 92.2 Å². The van der Waals surface area contributed by atoms with Crippen molar-refractivity contribution >= 4 is 54.5 Å². The molecule has 0 aliphatic carbocycles. The highest BCUT2D eigenvalue weighted by Gasteiger charge is 2.40. The van der Waals surface area contributed by atoms with Crippen molar-refractivity contribution in [2.45, 2.75) is 77.5 Å². The number of hydrogen-bond donors (Lipinski definition) is 5. The number of aliphatic hydroxyl groups excluding tert-OH is 2. The molecule has 4 aromatic carbocycles. The van der Waals surface area contributed by atoms with E-state index >= 15 is 0 Å². The third kappa shape index (κ3) is 13.3. The summed E-state index contributed by atoms with van der Waals surface area (Å²) in [6, 6.07) is 31.6. The van der Waals surface area contributed by atoms with Gasteiger partial charge in [0.15, 0.2) is 0 Å². The Hall–Kier alpha value is -6.23. The van der Waals surface area contributed by atoms with E-state index in [9.17, 15) is 33.8 Å². The van der Waals surface area contributed by atoms with Gasteiger partial charge in [0.1, 0.15) is 5.82 Å². The number of esters is 2. The lowest BCUT2D eigenvalue weighted by molar-refractivity contribution is -0.139. The quantitative estimate of drug-likeness (QED) is 0.0353. The second-order valence-corrected chi connectivity index (χ2v) is 17.1. The number of rotatable bonds is 21. The van der Waals surface area contributed by atoms with Gasteiger partial charge in [0, 0.05) is 40.8 Å². The molecule has 2 amide bonds. The van der Waals surface area contributed by atoms with E-state index in [1.54, 1.807) is 50.2 Å². The molecular weight excluding hydrogens is 923 g/mol. The Morgan fingerprint density at radius 3 is 2.14 bits per heavy atom. The molecule has 2 heterocycles. The number of aromatic nitrogens is 1. The highest BCUT2D eigenvalue weighted by molar-refractivity contribution is 7.59. The number of hydrogen-bond acceptors (Lipinski definition) is 10. The molecule has 1 aliphatic rings. The molecule has 0 radical (unpaired) electrons. The molecule has 6 rings (SSSR count). The van der Waals surface area contributed by atoms with Crippen molar-refractivity contribution in [3.05, 3.63) is 159 Å². The molecule has 3 atom stereocenters. The van der Waals surface area contributed by atoms with Crippen molar-refractivity contribution in [3.63, 3.8) is 0 Å². The highest BCUT2D eigenvalue weighted by atomic mass is 35.5. The summed E-state index contributed by atoms with van der Waals surface area (Å²) >= 11 is 6.60. The Kier molecular flexibility index (Phi) is 19.8.